The van der Waals surface area contributed by atoms with E-state index in [1.807, 2.05) is 24.4 Å². The highest BCUT2D eigenvalue weighted by Gasteiger charge is 2.22. The minimum absolute atomic E-state index is 0.583. The Labute approximate surface area is 186 Å². The number of aryl methyl sites for hydroxylation is 1. The summed E-state index contributed by atoms with van der Waals surface area (Å²) in [6.45, 7) is 6.97. The molecule has 2 aromatic heterocycles. The van der Waals surface area contributed by atoms with Crippen LogP contribution in [0.25, 0.3) is 10.9 Å². The molecule has 0 fully saturated rings. The zero-order valence-corrected chi connectivity index (χ0v) is 18.6. The van der Waals surface area contributed by atoms with Gasteiger partial charge in [0.15, 0.2) is 5.82 Å². The molecule has 4 aromatic rings. The molecular formula is C25H23Cl2N3. The van der Waals surface area contributed by atoms with Crippen molar-refractivity contribution in [2.45, 2.75) is 33.4 Å². The number of halogens is 2. The van der Waals surface area contributed by atoms with E-state index in [2.05, 4.69) is 53.6 Å². The average Bonchev–Trinajstić information content (AvgIpc) is 3.01. The maximum atomic E-state index is 6.28. The molecule has 0 aliphatic carbocycles. The van der Waals surface area contributed by atoms with E-state index in [1.54, 1.807) is 0 Å². The highest BCUT2D eigenvalue weighted by molar-refractivity contribution is 6.42. The predicted octanol–water partition coefficient (Wildman–Crippen LogP) is 6.57. The molecule has 0 saturated carbocycles. The van der Waals surface area contributed by atoms with Crippen LogP contribution in [0.3, 0.4) is 0 Å². The van der Waals surface area contributed by atoms with Gasteiger partial charge in [0.1, 0.15) is 0 Å². The zero-order chi connectivity index (χ0) is 20.8. The lowest BCUT2D eigenvalue weighted by Gasteiger charge is -2.30. The number of hydrogen-bond donors (Lipinski definition) is 0. The van der Waals surface area contributed by atoms with E-state index in [0.717, 1.165) is 37.4 Å². The van der Waals surface area contributed by atoms with Crippen molar-refractivity contribution in [3.05, 3.63) is 92.7 Å². The van der Waals surface area contributed by atoms with Crippen LogP contribution in [0.2, 0.25) is 10.0 Å². The molecule has 1 aliphatic rings. The molecule has 0 N–H and O–H groups in total. The lowest BCUT2D eigenvalue weighted by Crippen LogP contribution is -2.31. The van der Waals surface area contributed by atoms with Crippen LogP contribution < -0.4 is 4.90 Å². The summed E-state index contributed by atoms with van der Waals surface area (Å²) in [5, 5.41) is 2.43. The number of nitrogens with zero attached hydrogens (tertiary/aromatic N) is 3. The van der Waals surface area contributed by atoms with E-state index >= 15 is 0 Å². The summed E-state index contributed by atoms with van der Waals surface area (Å²) in [4.78, 5) is 7.26. The summed E-state index contributed by atoms with van der Waals surface area (Å²) in [5.74, 6) is 1.05. The Kier molecular flexibility index (Phi) is 4.96. The largest absolute Gasteiger partial charge is 0.350 e. The molecule has 0 atom stereocenters. The highest BCUT2D eigenvalue weighted by atomic mass is 35.5. The van der Waals surface area contributed by atoms with Gasteiger partial charge in [-0.3, -0.25) is 0 Å². The van der Waals surface area contributed by atoms with E-state index in [1.165, 1.54) is 33.3 Å². The second kappa shape index (κ2) is 7.64. The van der Waals surface area contributed by atoms with Gasteiger partial charge in [0.2, 0.25) is 0 Å². The highest BCUT2D eigenvalue weighted by Crippen LogP contribution is 2.34. The Bertz CT molecular complexity index is 1260. The number of fused-ring (bicyclic) bond motifs is 2. The van der Waals surface area contributed by atoms with Crippen molar-refractivity contribution < 1.29 is 0 Å². The number of rotatable bonds is 3. The number of benzene rings is 2. The van der Waals surface area contributed by atoms with Crippen LogP contribution in [0.4, 0.5) is 5.82 Å². The molecule has 0 spiro atoms. The lowest BCUT2D eigenvalue weighted by molar-refractivity contribution is 0.717. The lowest BCUT2D eigenvalue weighted by atomic mass is 10.00. The van der Waals surface area contributed by atoms with E-state index < -0.39 is 0 Å². The van der Waals surface area contributed by atoms with Crippen LogP contribution in [0, 0.1) is 13.8 Å². The van der Waals surface area contributed by atoms with Crippen molar-refractivity contribution in [1.29, 1.82) is 0 Å². The molecule has 0 bridgehead atoms. The molecule has 0 amide bonds. The Morgan fingerprint density at radius 2 is 1.77 bits per heavy atom. The third-order valence-electron chi connectivity index (χ3n) is 6.28. The van der Waals surface area contributed by atoms with E-state index in [9.17, 15) is 0 Å². The van der Waals surface area contributed by atoms with Crippen molar-refractivity contribution in [1.82, 2.24) is 9.55 Å². The number of aromatic nitrogens is 2. The van der Waals surface area contributed by atoms with Gasteiger partial charge in [-0.15, -0.1) is 0 Å². The maximum Gasteiger partial charge on any atom is 0.153 e. The van der Waals surface area contributed by atoms with Gasteiger partial charge in [-0.05, 0) is 60.7 Å². The minimum atomic E-state index is 0.583. The summed E-state index contributed by atoms with van der Waals surface area (Å²) in [5.41, 5.74) is 7.70. The fourth-order valence-electron chi connectivity index (χ4n) is 4.50. The van der Waals surface area contributed by atoms with E-state index in [-0.39, 0.29) is 0 Å². The first-order chi connectivity index (χ1) is 14.5. The number of anilines is 1. The molecule has 3 nitrogen and oxygen atoms in total. The van der Waals surface area contributed by atoms with Crippen molar-refractivity contribution in [2.24, 2.45) is 0 Å². The molecule has 5 rings (SSSR count). The molecule has 1 aliphatic heterocycles. The fourth-order valence-corrected chi connectivity index (χ4v) is 4.82. The molecule has 0 radical (unpaired) electrons. The van der Waals surface area contributed by atoms with Gasteiger partial charge in [0, 0.05) is 36.9 Å². The van der Waals surface area contributed by atoms with Gasteiger partial charge in [0.25, 0.3) is 0 Å². The summed E-state index contributed by atoms with van der Waals surface area (Å²) >= 11 is 12.4. The quantitative estimate of drug-likeness (QED) is 0.362. The van der Waals surface area contributed by atoms with Crippen LogP contribution in [-0.2, 0) is 19.5 Å². The number of pyridine rings is 1. The van der Waals surface area contributed by atoms with E-state index in [0.29, 0.717) is 10.0 Å². The van der Waals surface area contributed by atoms with Gasteiger partial charge >= 0.3 is 0 Å². The second-order valence-electron chi connectivity index (χ2n) is 8.02. The molecule has 3 heterocycles. The van der Waals surface area contributed by atoms with Crippen molar-refractivity contribution in [2.75, 3.05) is 11.4 Å². The standard InChI is InChI=1S/C25H23Cl2N3/c1-16-17(2)30(14-18-7-8-22(26)23(27)13-18)24-21(16)9-11-28-25(24)29-12-10-19-5-3-4-6-20(19)15-29/h3-9,11,13H,10,12,14-15H2,1-2H3. The Morgan fingerprint density at radius 1 is 0.967 bits per heavy atom. The summed E-state index contributed by atoms with van der Waals surface area (Å²) in [7, 11) is 0. The van der Waals surface area contributed by atoms with Crippen LogP contribution >= 0.6 is 23.2 Å². The van der Waals surface area contributed by atoms with Gasteiger partial charge in [-0.2, -0.15) is 0 Å². The van der Waals surface area contributed by atoms with Gasteiger partial charge < -0.3 is 9.47 Å². The summed E-state index contributed by atoms with van der Waals surface area (Å²) < 4.78 is 2.37. The summed E-state index contributed by atoms with van der Waals surface area (Å²) in [6, 6.07) is 16.7. The third-order valence-corrected chi connectivity index (χ3v) is 7.02. The van der Waals surface area contributed by atoms with Crippen LogP contribution in [0.5, 0.6) is 0 Å². The van der Waals surface area contributed by atoms with Crippen LogP contribution in [0.15, 0.2) is 54.7 Å². The number of hydrogen-bond acceptors (Lipinski definition) is 2. The van der Waals surface area contributed by atoms with Crippen LogP contribution in [0.1, 0.15) is 27.9 Å². The molecule has 2 aromatic carbocycles. The van der Waals surface area contributed by atoms with Crippen molar-refractivity contribution in [3.63, 3.8) is 0 Å². The normalized spacial score (nSPS) is 13.7. The Hall–Kier alpha value is -2.49. The third kappa shape index (κ3) is 3.27. The molecule has 0 unspecified atom stereocenters. The Balaban J connectivity index is 1.62. The topological polar surface area (TPSA) is 21.1 Å². The Morgan fingerprint density at radius 3 is 2.57 bits per heavy atom. The first-order valence-corrected chi connectivity index (χ1v) is 11.0. The zero-order valence-electron chi connectivity index (χ0n) is 17.1. The predicted molar refractivity (Wildman–Crippen MR) is 126 cm³/mol. The van der Waals surface area contributed by atoms with Crippen molar-refractivity contribution in [3.8, 4) is 0 Å². The van der Waals surface area contributed by atoms with Crippen molar-refractivity contribution >= 4 is 39.9 Å². The average molecular weight is 436 g/mol. The van der Waals surface area contributed by atoms with E-state index in [4.69, 9.17) is 28.2 Å². The van der Waals surface area contributed by atoms with Gasteiger partial charge in [0.05, 0.1) is 15.6 Å². The first kappa shape index (κ1) is 19.5. The maximum absolute atomic E-state index is 6.28. The first-order valence-electron chi connectivity index (χ1n) is 10.2. The molecule has 0 saturated heterocycles. The van der Waals surface area contributed by atoms with Gasteiger partial charge in [-0.1, -0.05) is 53.5 Å². The summed E-state index contributed by atoms with van der Waals surface area (Å²) in [6.07, 6.45) is 2.98. The molecular weight excluding hydrogens is 413 g/mol. The molecule has 152 valence electrons. The fraction of sp³-hybridized carbons (Fsp3) is 0.240. The second-order valence-corrected chi connectivity index (χ2v) is 8.83. The van der Waals surface area contributed by atoms with Crippen LogP contribution in [-0.4, -0.2) is 16.1 Å². The molecule has 30 heavy (non-hydrogen) atoms. The SMILES string of the molecule is Cc1c(C)n(Cc2ccc(Cl)c(Cl)c2)c2c(N3CCc4ccccc4C3)nccc12. The van der Waals surface area contributed by atoms with Gasteiger partial charge in [-0.25, -0.2) is 4.98 Å². The monoisotopic (exact) mass is 435 g/mol. The smallest absolute Gasteiger partial charge is 0.153 e. The molecule has 5 heteroatoms. The minimum Gasteiger partial charge on any atom is -0.350 e.